The van der Waals surface area contributed by atoms with Gasteiger partial charge < -0.3 is 26.0 Å². The lowest BCUT2D eigenvalue weighted by Crippen LogP contribution is -2.60. The quantitative estimate of drug-likeness (QED) is 0.255. The summed E-state index contributed by atoms with van der Waals surface area (Å²) in [6.07, 6.45) is 2.57. The molecular weight excluding hydrogens is 472 g/mol. The number of carboxylic acid groups (broad SMARTS) is 1. The molecule has 0 bridgehead atoms. The maximum atomic E-state index is 13.8. The molecule has 4 N–H and O–H groups in total. The van der Waals surface area contributed by atoms with E-state index < -0.39 is 30.0 Å². The average Bonchev–Trinajstić information content (AvgIpc) is 2.82. The zero-order chi connectivity index (χ0) is 25.3. The second-order valence-electron chi connectivity index (χ2n) is 8.93. The molecule has 4 atom stereocenters. The molecule has 0 saturated heterocycles. The van der Waals surface area contributed by atoms with Crippen molar-refractivity contribution in [3.8, 4) is 0 Å². The Kier molecular flexibility index (Phi) is 11.7. The minimum atomic E-state index is -1.07. The van der Waals surface area contributed by atoms with Crippen molar-refractivity contribution in [1.29, 1.82) is 0 Å². The lowest BCUT2D eigenvalue weighted by atomic mass is 9.91. The number of benzene rings is 1. The molecule has 0 radical (unpaired) electrons. The molecule has 0 aromatic heterocycles. The van der Waals surface area contributed by atoms with Gasteiger partial charge in [-0.25, -0.2) is 4.79 Å². The highest BCUT2D eigenvalue weighted by Crippen LogP contribution is 2.25. The molecule has 1 unspecified atom stereocenters. The van der Waals surface area contributed by atoms with E-state index in [-0.39, 0.29) is 17.9 Å². The second kappa shape index (κ2) is 14.0. The maximum absolute atomic E-state index is 13.8. The minimum absolute atomic E-state index is 0.000785. The number of nitrogens with one attached hydrogen (secondary N) is 3. The lowest BCUT2D eigenvalue weighted by molar-refractivity contribution is -0.146. The molecule has 0 aliphatic carbocycles. The van der Waals surface area contributed by atoms with Crippen molar-refractivity contribution >= 4 is 42.2 Å². The summed E-state index contributed by atoms with van der Waals surface area (Å²) in [7, 11) is 1.85. The molecule has 1 aromatic rings. The molecule has 0 saturated carbocycles. The van der Waals surface area contributed by atoms with Gasteiger partial charge in [0.2, 0.25) is 11.8 Å². The van der Waals surface area contributed by atoms with Gasteiger partial charge in [0, 0.05) is 31.3 Å². The van der Waals surface area contributed by atoms with Crippen molar-refractivity contribution < 1.29 is 19.5 Å². The van der Waals surface area contributed by atoms with E-state index in [1.807, 2.05) is 51.4 Å². The minimum Gasteiger partial charge on any atom is -0.480 e. The molecule has 8 nitrogen and oxygen atoms in total. The third-order valence-corrected chi connectivity index (χ3v) is 7.29. The average molecular weight is 511 g/mol. The number of carbonyl (C=O) groups is 3. The summed E-state index contributed by atoms with van der Waals surface area (Å²) >= 11 is 5.87. The number of nitrogens with zero attached hydrogens (tertiary/aromatic N) is 1. The Morgan fingerprint density at radius 3 is 2.47 bits per heavy atom. The second-order valence-corrected chi connectivity index (χ2v) is 10.3. The topological polar surface area (TPSA) is 111 Å². The fraction of sp³-hybridized carbons (Fsp3) is 0.625. The first-order valence-corrected chi connectivity index (χ1v) is 13.7. The molecule has 1 heterocycles. The number of carboxylic acids is 1. The zero-order valence-electron chi connectivity index (χ0n) is 20.4. The van der Waals surface area contributed by atoms with Crippen molar-refractivity contribution in [3.05, 3.63) is 35.4 Å². The number of fused-ring (bicyclic) bond motifs is 1. The zero-order valence-corrected chi connectivity index (χ0v) is 22.1. The van der Waals surface area contributed by atoms with Gasteiger partial charge in [-0.1, -0.05) is 38.1 Å². The molecule has 1 aliphatic heterocycles. The van der Waals surface area contributed by atoms with E-state index in [4.69, 9.17) is 0 Å². The normalized spacial score (nSPS) is 18.2. The van der Waals surface area contributed by atoms with Crippen LogP contribution in [0.5, 0.6) is 0 Å². The monoisotopic (exact) mass is 510 g/mol. The Bertz CT molecular complexity index is 835. The van der Waals surface area contributed by atoms with Crippen LogP contribution in [-0.2, 0) is 27.3 Å². The first kappa shape index (κ1) is 28.5. The molecule has 190 valence electrons. The first-order valence-electron chi connectivity index (χ1n) is 11.6. The van der Waals surface area contributed by atoms with E-state index in [0.29, 0.717) is 37.4 Å². The van der Waals surface area contributed by atoms with Crippen molar-refractivity contribution in [2.24, 2.45) is 5.92 Å². The number of aliphatic carboxylic acids is 1. The molecule has 0 spiro atoms. The van der Waals surface area contributed by atoms with E-state index >= 15 is 0 Å². The van der Waals surface area contributed by atoms with Crippen LogP contribution in [0.25, 0.3) is 0 Å². The summed E-state index contributed by atoms with van der Waals surface area (Å²) in [5.74, 6) is -0.416. The van der Waals surface area contributed by atoms with Crippen molar-refractivity contribution in [2.45, 2.75) is 57.4 Å². The Morgan fingerprint density at radius 2 is 1.91 bits per heavy atom. The number of rotatable bonds is 13. The van der Waals surface area contributed by atoms with Crippen LogP contribution in [0.4, 0.5) is 0 Å². The number of carbonyl (C=O) groups excluding carboxylic acids is 2. The Morgan fingerprint density at radius 1 is 1.24 bits per heavy atom. The van der Waals surface area contributed by atoms with Crippen LogP contribution in [-0.4, -0.2) is 83.3 Å². The maximum Gasteiger partial charge on any atom is 0.326 e. The van der Waals surface area contributed by atoms with Gasteiger partial charge >= 0.3 is 5.97 Å². The highest BCUT2D eigenvalue weighted by Gasteiger charge is 2.39. The molecular formula is C24H38N4O4S2. The van der Waals surface area contributed by atoms with Gasteiger partial charge in [-0.3, -0.25) is 9.59 Å². The molecule has 0 fully saturated rings. The fourth-order valence-corrected chi connectivity index (χ4v) is 4.85. The summed E-state index contributed by atoms with van der Waals surface area (Å²) in [5, 5.41) is 18.8. The van der Waals surface area contributed by atoms with E-state index in [9.17, 15) is 19.5 Å². The fourth-order valence-electron chi connectivity index (χ4n) is 4.06. The molecule has 34 heavy (non-hydrogen) atoms. The first-order chi connectivity index (χ1) is 16.2. The highest BCUT2D eigenvalue weighted by molar-refractivity contribution is 7.98. The Labute approximate surface area is 212 Å². The van der Waals surface area contributed by atoms with Crippen LogP contribution in [0.1, 0.15) is 31.4 Å². The van der Waals surface area contributed by atoms with Gasteiger partial charge in [-0.2, -0.15) is 24.4 Å². The highest BCUT2D eigenvalue weighted by atomic mass is 32.2. The molecule has 1 aromatic carbocycles. The molecule has 2 amide bonds. The van der Waals surface area contributed by atoms with Crippen LogP contribution in [0.2, 0.25) is 0 Å². The van der Waals surface area contributed by atoms with Crippen molar-refractivity contribution in [1.82, 2.24) is 20.9 Å². The van der Waals surface area contributed by atoms with Crippen LogP contribution in [0.15, 0.2) is 24.3 Å². The SMILES string of the molecule is CNC(CS)CN[C@H](C(=O)N1Cc2ccccc2C[C@@H]1C(=O)N[C@@H](CCSC)C(=O)O)C(C)C. The third-order valence-electron chi connectivity index (χ3n) is 6.21. The largest absolute Gasteiger partial charge is 0.480 e. The van der Waals surface area contributed by atoms with Gasteiger partial charge in [0.05, 0.1) is 6.04 Å². The number of thioether (sulfide) groups is 1. The summed E-state index contributed by atoms with van der Waals surface area (Å²) in [6, 6.07) is 5.63. The van der Waals surface area contributed by atoms with Gasteiger partial charge in [0.1, 0.15) is 12.1 Å². The number of hydrogen-bond acceptors (Lipinski definition) is 7. The number of amides is 2. The summed E-state index contributed by atoms with van der Waals surface area (Å²) in [4.78, 5) is 40.4. The van der Waals surface area contributed by atoms with Crippen molar-refractivity contribution in [2.75, 3.05) is 31.4 Å². The summed E-state index contributed by atoms with van der Waals surface area (Å²) < 4.78 is 0. The summed E-state index contributed by atoms with van der Waals surface area (Å²) in [5.41, 5.74) is 2.00. The predicted molar refractivity (Wildman–Crippen MR) is 140 cm³/mol. The predicted octanol–water partition coefficient (Wildman–Crippen LogP) is 1.39. The number of thiol groups is 1. The van der Waals surface area contributed by atoms with E-state index in [0.717, 1.165) is 11.1 Å². The van der Waals surface area contributed by atoms with Gasteiger partial charge in [-0.05, 0) is 42.5 Å². The number of hydrogen-bond donors (Lipinski definition) is 5. The number of likely N-dealkylation sites (N-methyl/N-ethyl adjacent to an activating group) is 1. The molecule has 10 heteroatoms. The van der Waals surface area contributed by atoms with Crippen molar-refractivity contribution in [3.63, 3.8) is 0 Å². The standard InChI is InChI=1S/C24H38N4O4S2/c1-15(2)21(26-12-18(14-33)25-3)23(30)28-13-17-8-6-5-7-16(17)11-20(28)22(29)27-19(24(31)32)9-10-34-4/h5-8,15,18-21,25-26,33H,9-14H2,1-4H3,(H,27,29)(H,31,32)/t18?,19-,20+,21-/m0/s1. The smallest absolute Gasteiger partial charge is 0.326 e. The van der Waals surface area contributed by atoms with Crippen LogP contribution in [0, 0.1) is 5.92 Å². The third kappa shape index (κ3) is 7.63. The Balaban J connectivity index is 2.30. The van der Waals surface area contributed by atoms with Crippen LogP contribution in [0.3, 0.4) is 0 Å². The van der Waals surface area contributed by atoms with E-state index in [1.165, 1.54) is 11.8 Å². The van der Waals surface area contributed by atoms with Crippen LogP contribution >= 0.6 is 24.4 Å². The van der Waals surface area contributed by atoms with Gasteiger partial charge in [0.15, 0.2) is 0 Å². The Hall–Kier alpha value is -1.75. The lowest BCUT2D eigenvalue weighted by Gasteiger charge is -2.39. The van der Waals surface area contributed by atoms with Gasteiger partial charge in [-0.15, -0.1) is 0 Å². The van der Waals surface area contributed by atoms with E-state index in [1.54, 1.807) is 4.90 Å². The molecule has 2 rings (SSSR count). The van der Waals surface area contributed by atoms with E-state index in [2.05, 4.69) is 28.6 Å². The molecule has 1 aliphatic rings. The summed E-state index contributed by atoms with van der Waals surface area (Å²) in [6.45, 7) is 4.81. The van der Waals surface area contributed by atoms with Crippen LogP contribution < -0.4 is 16.0 Å². The van der Waals surface area contributed by atoms with Gasteiger partial charge in [0.25, 0.3) is 0 Å².